The molecule has 0 unspecified atom stereocenters. The van der Waals surface area contributed by atoms with E-state index in [1.165, 1.54) is 0 Å². The van der Waals surface area contributed by atoms with E-state index in [0.717, 1.165) is 28.6 Å². The van der Waals surface area contributed by atoms with E-state index in [0.29, 0.717) is 5.82 Å². The van der Waals surface area contributed by atoms with Crippen LogP contribution in [0.1, 0.15) is 11.5 Å². The Kier molecular flexibility index (Phi) is 2.22. The van der Waals surface area contributed by atoms with Crippen LogP contribution < -0.4 is 5.73 Å². The highest BCUT2D eigenvalue weighted by atomic mass is 15.3. The molecule has 0 bridgehead atoms. The van der Waals surface area contributed by atoms with Crippen LogP contribution in [0.2, 0.25) is 0 Å². The number of hydrogen-bond donors (Lipinski definition) is 1. The summed E-state index contributed by atoms with van der Waals surface area (Å²) in [5.74, 6) is 2.06. The lowest BCUT2D eigenvalue weighted by Gasteiger charge is -2.04. The van der Waals surface area contributed by atoms with Gasteiger partial charge in [0.1, 0.15) is 11.6 Å². The highest BCUT2D eigenvalue weighted by Gasteiger charge is 2.11. The maximum atomic E-state index is 5.58. The summed E-state index contributed by atoms with van der Waals surface area (Å²) in [6, 6.07) is 5.51. The molecule has 3 heterocycles. The van der Waals surface area contributed by atoms with Crippen LogP contribution in [0.25, 0.3) is 17.0 Å². The Morgan fingerprint density at radius 1 is 1.17 bits per heavy atom. The number of rotatable bonds is 1. The molecule has 0 aromatic carbocycles. The van der Waals surface area contributed by atoms with Crippen LogP contribution in [0.5, 0.6) is 0 Å². The summed E-state index contributed by atoms with van der Waals surface area (Å²) >= 11 is 0. The molecule has 0 saturated heterocycles. The van der Waals surface area contributed by atoms with Gasteiger partial charge in [0.2, 0.25) is 0 Å². The van der Waals surface area contributed by atoms with Gasteiger partial charge in [-0.15, -0.1) is 10.2 Å². The Hall–Kier alpha value is -2.50. The Morgan fingerprint density at radius 3 is 2.72 bits per heavy atom. The number of nitrogens with two attached hydrogens (primary N) is 1. The van der Waals surface area contributed by atoms with E-state index in [1.807, 2.05) is 30.4 Å². The van der Waals surface area contributed by atoms with Gasteiger partial charge in [0.05, 0.1) is 0 Å². The molecule has 90 valence electrons. The van der Waals surface area contributed by atoms with Gasteiger partial charge >= 0.3 is 0 Å². The highest BCUT2D eigenvalue weighted by molar-refractivity contribution is 5.60. The first-order valence-corrected chi connectivity index (χ1v) is 5.56. The molecule has 3 aromatic rings. The molecule has 0 aliphatic rings. The summed E-state index contributed by atoms with van der Waals surface area (Å²) in [4.78, 5) is 8.48. The maximum Gasteiger partial charge on any atom is 0.171 e. The molecule has 0 fully saturated rings. The highest BCUT2D eigenvalue weighted by Crippen LogP contribution is 2.19. The average molecular weight is 240 g/mol. The molecule has 2 N–H and O–H groups in total. The van der Waals surface area contributed by atoms with E-state index in [9.17, 15) is 0 Å². The van der Waals surface area contributed by atoms with Crippen LogP contribution >= 0.6 is 0 Å². The first kappa shape index (κ1) is 10.6. The summed E-state index contributed by atoms with van der Waals surface area (Å²) in [6.45, 7) is 3.86. The van der Waals surface area contributed by atoms with Gasteiger partial charge in [0, 0.05) is 23.5 Å². The topological polar surface area (TPSA) is 82.0 Å². The van der Waals surface area contributed by atoms with Gasteiger partial charge in [-0.05, 0) is 26.0 Å². The van der Waals surface area contributed by atoms with Crippen LogP contribution in [0.4, 0.5) is 5.82 Å². The fraction of sp³-hybridized carbons (Fsp3) is 0.167. The van der Waals surface area contributed by atoms with Crippen molar-refractivity contribution in [3.63, 3.8) is 0 Å². The van der Waals surface area contributed by atoms with Gasteiger partial charge in [0.15, 0.2) is 11.5 Å². The number of aromatic nitrogens is 5. The number of fused-ring (bicyclic) bond motifs is 1. The van der Waals surface area contributed by atoms with Gasteiger partial charge in [-0.25, -0.2) is 9.97 Å². The number of hydrogen-bond acceptors (Lipinski definition) is 5. The van der Waals surface area contributed by atoms with Crippen LogP contribution in [0, 0.1) is 13.8 Å². The molecule has 0 spiro atoms. The molecule has 6 heteroatoms. The third-order valence-corrected chi connectivity index (χ3v) is 2.73. The summed E-state index contributed by atoms with van der Waals surface area (Å²) < 4.78 is 1.90. The van der Waals surface area contributed by atoms with Gasteiger partial charge in [0.25, 0.3) is 0 Å². The third-order valence-electron chi connectivity index (χ3n) is 2.73. The second-order valence-electron chi connectivity index (χ2n) is 4.13. The van der Waals surface area contributed by atoms with E-state index in [-0.39, 0.29) is 0 Å². The minimum Gasteiger partial charge on any atom is -0.384 e. The lowest BCUT2D eigenvalue weighted by atomic mass is 10.2. The summed E-state index contributed by atoms with van der Waals surface area (Å²) in [5.41, 5.74) is 8.15. The third kappa shape index (κ3) is 1.58. The van der Waals surface area contributed by atoms with Crippen LogP contribution in [-0.2, 0) is 0 Å². The number of pyridine rings is 1. The van der Waals surface area contributed by atoms with Crippen molar-refractivity contribution in [3.8, 4) is 11.4 Å². The summed E-state index contributed by atoms with van der Waals surface area (Å²) in [6.07, 6.45) is 1.69. The fourth-order valence-electron chi connectivity index (χ4n) is 1.96. The standard InChI is InChI=1S/C12H12N6/c1-7-5-11-16-17-12(18(11)8(2)15-7)9-3-4-10(13)14-6-9/h3-6H,1-2H3,(H2,13,14). The van der Waals surface area contributed by atoms with Gasteiger partial charge < -0.3 is 5.73 Å². The van der Waals surface area contributed by atoms with Gasteiger partial charge in [-0.2, -0.15) is 0 Å². The van der Waals surface area contributed by atoms with Crippen molar-refractivity contribution in [2.24, 2.45) is 0 Å². The SMILES string of the molecule is Cc1cc2nnc(-c3ccc(N)nc3)n2c(C)n1. The van der Waals surface area contributed by atoms with E-state index >= 15 is 0 Å². The molecular formula is C12H12N6. The Labute approximate surface area is 104 Å². The van der Waals surface area contributed by atoms with E-state index in [4.69, 9.17) is 5.73 Å². The summed E-state index contributed by atoms with van der Waals surface area (Å²) in [7, 11) is 0. The van der Waals surface area contributed by atoms with Crippen molar-refractivity contribution in [2.45, 2.75) is 13.8 Å². The second-order valence-corrected chi connectivity index (χ2v) is 4.13. The van der Waals surface area contributed by atoms with Crippen LogP contribution in [0.15, 0.2) is 24.4 Å². The van der Waals surface area contributed by atoms with E-state index in [2.05, 4.69) is 20.2 Å². The zero-order valence-corrected chi connectivity index (χ0v) is 10.1. The first-order chi connectivity index (χ1) is 8.65. The zero-order valence-electron chi connectivity index (χ0n) is 10.1. The quantitative estimate of drug-likeness (QED) is 0.695. The number of aryl methyl sites for hydroxylation is 2. The van der Waals surface area contributed by atoms with E-state index in [1.54, 1.807) is 12.3 Å². The number of nitrogens with zero attached hydrogens (tertiary/aromatic N) is 5. The molecule has 6 nitrogen and oxygen atoms in total. The van der Waals surface area contributed by atoms with Crippen molar-refractivity contribution >= 4 is 11.5 Å². The molecule has 0 amide bonds. The first-order valence-electron chi connectivity index (χ1n) is 5.56. The smallest absolute Gasteiger partial charge is 0.171 e. The number of nitrogen functional groups attached to an aromatic ring is 1. The predicted molar refractivity (Wildman–Crippen MR) is 67.9 cm³/mol. The monoisotopic (exact) mass is 240 g/mol. The zero-order chi connectivity index (χ0) is 12.7. The molecule has 3 rings (SSSR count). The average Bonchev–Trinajstić information content (AvgIpc) is 2.74. The fourth-order valence-corrected chi connectivity index (χ4v) is 1.96. The molecule has 0 aliphatic heterocycles. The Bertz CT molecular complexity index is 713. The van der Waals surface area contributed by atoms with Crippen molar-refractivity contribution < 1.29 is 0 Å². The molecule has 0 saturated carbocycles. The second kappa shape index (κ2) is 3.76. The van der Waals surface area contributed by atoms with Gasteiger partial charge in [-0.3, -0.25) is 4.40 Å². The predicted octanol–water partition coefficient (Wildman–Crippen LogP) is 1.39. The minimum absolute atomic E-state index is 0.485. The van der Waals surface area contributed by atoms with Crippen molar-refractivity contribution in [1.82, 2.24) is 24.6 Å². The van der Waals surface area contributed by atoms with Crippen LogP contribution in [0.3, 0.4) is 0 Å². The normalized spacial score (nSPS) is 11.0. The molecule has 18 heavy (non-hydrogen) atoms. The van der Waals surface area contributed by atoms with Crippen molar-refractivity contribution in [3.05, 3.63) is 35.9 Å². The van der Waals surface area contributed by atoms with Crippen LogP contribution in [-0.4, -0.2) is 24.6 Å². The molecule has 0 aliphatic carbocycles. The van der Waals surface area contributed by atoms with E-state index < -0.39 is 0 Å². The number of anilines is 1. The molecule has 0 atom stereocenters. The maximum absolute atomic E-state index is 5.58. The van der Waals surface area contributed by atoms with Gasteiger partial charge in [-0.1, -0.05) is 0 Å². The molecular weight excluding hydrogens is 228 g/mol. The van der Waals surface area contributed by atoms with Crippen molar-refractivity contribution in [1.29, 1.82) is 0 Å². The Morgan fingerprint density at radius 2 is 2.00 bits per heavy atom. The lowest BCUT2D eigenvalue weighted by molar-refractivity contribution is 0.961. The molecule has 0 radical (unpaired) electrons. The lowest BCUT2D eigenvalue weighted by Crippen LogP contribution is -1.99. The Balaban J connectivity index is 2.27. The minimum atomic E-state index is 0.485. The summed E-state index contributed by atoms with van der Waals surface area (Å²) in [5, 5.41) is 8.34. The largest absolute Gasteiger partial charge is 0.384 e. The molecule has 3 aromatic heterocycles. The van der Waals surface area contributed by atoms with Crippen molar-refractivity contribution in [2.75, 3.05) is 5.73 Å².